The van der Waals surface area contributed by atoms with E-state index < -0.39 is 95.2 Å². The number of benzene rings is 1. The first kappa shape index (κ1) is 42.7. The highest BCUT2D eigenvalue weighted by molar-refractivity contribution is 6.38. The smallest absolute Gasteiger partial charge is 0.326 e. The molecule has 17 nitrogen and oxygen atoms in total. The average Bonchev–Trinajstić information content (AvgIpc) is 3.60. The highest BCUT2D eigenvalue weighted by atomic mass is 16.5. The molecule has 6 atom stereocenters. The molecule has 54 heavy (non-hydrogen) atoms. The number of carboxylic acid groups (broad SMARTS) is 1. The molecular formula is C37H49N7O10. The number of ether oxygens (including phenoxy) is 1. The van der Waals surface area contributed by atoms with Gasteiger partial charge in [0.05, 0.1) is 25.3 Å². The first-order valence-corrected chi connectivity index (χ1v) is 17.8. The maximum Gasteiger partial charge on any atom is 0.326 e. The van der Waals surface area contributed by atoms with Crippen molar-refractivity contribution in [1.29, 1.82) is 0 Å². The number of Topliss-reactive ketones (excluding diaryl/α,β-unsaturated/α-hetero) is 1. The lowest BCUT2D eigenvalue weighted by atomic mass is 9.96. The normalized spacial score (nSPS) is 17.4. The van der Waals surface area contributed by atoms with Gasteiger partial charge in [0, 0.05) is 25.4 Å². The second-order valence-electron chi connectivity index (χ2n) is 13.7. The Labute approximate surface area is 313 Å². The zero-order chi connectivity index (χ0) is 40.1. The molecule has 292 valence electrons. The number of methoxy groups -OCH3 is 1. The van der Waals surface area contributed by atoms with Gasteiger partial charge in [-0.3, -0.25) is 38.5 Å². The summed E-state index contributed by atoms with van der Waals surface area (Å²) in [7, 11) is 1.13. The molecule has 1 aromatic carbocycles. The fraction of sp³-hybridized carbons (Fsp3) is 0.514. The second-order valence-corrected chi connectivity index (χ2v) is 13.7. The maximum atomic E-state index is 14.2. The van der Waals surface area contributed by atoms with E-state index in [1.807, 2.05) is 0 Å². The predicted molar refractivity (Wildman–Crippen MR) is 192 cm³/mol. The highest BCUT2D eigenvalue weighted by Crippen LogP contribution is 2.28. The largest absolute Gasteiger partial charge is 0.480 e. The quantitative estimate of drug-likeness (QED) is 0.103. The summed E-state index contributed by atoms with van der Waals surface area (Å²) in [6.45, 7) is 8.37. The molecule has 3 rings (SSSR count). The minimum Gasteiger partial charge on any atom is -0.480 e. The number of ketones is 1. The zero-order valence-electron chi connectivity index (χ0n) is 31.2. The molecular weight excluding hydrogens is 702 g/mol. The van der Waals surface area contributed by atoms with E-state index in [9.17, 15) is 43.5 Å². The van der Waals surface area contributed by atoms with Crippen molar-refractivity contribution in [3.8, 4) is 0 Å². The van der Waals surface area contributed by atoms with Crippen molar-refractivity contribution >= 4 is 47.3 Å². The average molecular weight is 752 g/mol. The SMILES string of the molecule is CCCC(NC(=O)[C@@H]1[C@H](C(=O)OC)CCN1C(=O)[C@@H](NC(=O)[C@@H](NC(=O)c1cnccn1)C(C)C)C(C)C)C(=O)C(=O)N[C@@H](Cc1ccccc1)C(=O)O. The Balaban J connectivity index is 1.83. The minimum atomic E-state index is -1.49. The van der Waals surface area contributed by atoms with Crippen LogP contribution in [0, 0.1) is 17.8 Å². The van der Waals surface area contributed by atoms with Gasteiger partial charge in [-0.05, 0) is 30.2 Å². The van der Waals surface area contributed by atoms with Gasteiger partial charge in [0.25, 0.3) is 11.8 Å². The fourth-order valence-corrected chi connectivity index (χ4v) is 6.12. The second kappa shape index (κ2) is 19.9. The molecule has 1 aliphatic heterocycles. The topological polar surface area (TPSA) is 243 Å². The third kappa shape index (κ3) is 11.1. The molecule has 1 fully saturated rings. The van der Waals surface area contributed by atoms with Crippen molar-refractivity contribution < 1.29 is 48.2 Å². The van der Waals surface area contributed by atoms with E-state index in [-0.39, 0.29) is 31.5 Å². The zero-order valence-corrected chi connectivity index (χ0v) is 31.2. The number of likely N-dealkylation sites (tertiary alicyclic amines) is 1. The number of esters is 1. The first-order chi connectivity index (χ1) is 25.6. The molecule has 1 aromatic heterocycles. The van der Waals surface area contributed by atoms with Gasteiger partial charge in [-0.25, -0.2) is 9.78 Å². The van der Waals surface area contributed by atoms with Crippen molar-refractivity contribution in [3.05, 3.63) is 60.2 Å². The summed E-state index contributed by atoms with van der Waals surface area (Å²) >= 11 is 0. The Morgan fingerprint density at radius 3 is 2.11 bits per heavy atom. The third-order valence-electron chi connectivity index (χ3n) is 9.04. The van der Waals surface area contributed by atoms with E-state index in [0.717, 1.165) is 12.0 Å². The summed E-state index contributed by atoms with van der Waals surface area (Å²) in [6.07, 6.45) is 4.20. The lowest BCUT2D eigenvalue weighted by molar-refractivity contribution is -0.152. The minimum absolute atomic E-state index is 0.0144. The molecule has 5 amide bonds. The van der Waals surface area contributed by atoms with Gasteiger partial charge >= 0.3 is 11.9 Å². The molecule has 0 radical (unpaired) electrons. The Morgan fingerprint density at radius 2 is 1.56 bits per heavy atom. The number of nitrogens with zero attached hydrogens (tertiary/aromatic N) is 3. The number of carbonyl (C=O) groups is 8. The standard InChI is InChI=1S/C37H49N7O10/c1-7-11-24(30(45)34(49)41-25(36(51)52)18-22-12-9-8-10-13-22)40-33(48)29-23(37(53)54-6)14-17-44(29)35(50)28(21(4)5)43-32(47)27(20(2)3)42-31(46)26-19-38-15-16-39-26/h8-10,12-13,15-16,19-21,23-25,27-29H,7,11,14,17-18H2,1-6H3,(H,40,48)(H,41,49)(H,42,46)(H,43,47)(H,51,52)/t23-,24?,25+,27+,28+,29+/m1/s1. The van der Waals surface area contributed by atoms with Crippen LogP contribution in [0.1, 0.15) is 69.9 Å². The van der Waals surface area contributed by atoms with Crippen LogP contribution in [0.15, 0.2) is 48.9 Å². The molecule has 0 spiro atoms. The van der Waals surface area contributed by atoms with E-state index in [2.05, 4.69) is 31.2 Å². The van der Waals surface area contributed by atoms with Crippen LogP contribution < -0.4 is 21.3 Å². The maximum absolute atomic E-state index is 14.2. The van der Waals surface area contributed by atoms with Crippen LogP contribution in [-0.2, 0) is 44.7 Å². The van der Waals surface area contributed by atoms with Crippen LogP contribution >= 0.6 is 0 Å². The van der Waals surface area contributed by atoms with Crippen molar-refractivity contribution in [2.24, 2.45) is 17.8 Å². The Hall–Kier alpha value is -5.74. The van der Waals surface area contributed by atoms with Gasteiger partial charge < -0.3 is 36.0 Å². The molecule has 1 aliphatic rings. The Bertz CT molecular complexity index is 1670. The molecule has 1 saturated heterocycles. The van der Waals surface area contributed by atoms with Crippen LogP contribution in [0.3, 0.4) is 0 Å². The summed E-state index contributed by atoms with van der Waals surface area (Å²) in [5.41, 5.74) is 0.594. The van der Waals surface area contributed by atoms with E-state index in [1.165, 1.54) is 18.6 Å². The van der Waals surface area contributed by atoms with Crippen molar-refractivity contribution in [1.82, 2.24) is 36.1 Å². The summed E-state index contributed by atoms with van der Waals surface area (Å²) in [5, 5.41) is 19.8. The van der Waals surface area contributed by atoms with Crippen molar-refractivity contribution in [3.63, 3.8) is 0 Å². The fourth-order valence-electron chi connectivity index (χ4n) is 6.12. The molecule has 0 bridgehead atoms. The number of nitrogens with one attached hydrogen (secondary N) is 4. The van der Waals surface area contributed by atoms with E-state index >= 15 is 0 Å². The van der Waals surface area contributed by atoms with Gasteiger partial charge in [-0.15, -0.1) is 0 Å². The number of hydrogen-bond donors (Lipinski definition) is 5. The highest BCUT2D eigenvalue weighted by Gasteiger charge is 2.49. The molecule has 2 heterocycles. The van der Waals surface area contributed by atoms with Gasteiger partial charge in [-0.2, -0.15) is 0 Å². The number of aliphatic carboxylic acids is 1. The van der Waals surface area contributed by atoms with Crippen LogP contribution in [0.2, 0.25) is 0 Å². The van der Waals surface area contributed by atoms with Crippen LogP contribution in [0.4, 0.5) is 0 Å². The summed E-state index contributed by atoms with van der Waals surface area (Å²) < 4.78 is 4.94. The molecule has 0 saturated carbocycles. The molecule has 2 aromatic rings. The molecule has 0 aliphatic carbocycles. The van der Waals surface area contributed by atoms with E-state index in [1.54, 1.807) is 65.0 Å². The van der Waals surface area contributed by atoms with Crippen LogP contribution in [0.25, 0.3) is 0 Å². The number of carbonyl (C=O) groups excluding carboxylic acids is 7. The summed E-state index contributed by atoms with van der Waals surface area (Å²) in [4.78, 5) is 115. The van der Waals surface area contributed by atoms with Crippen molar-refractivity contribution in [2.45, 2.75) is 90.5 Å². The first-order valence-electron chi connectivity index (χ1n) is 17.8. The molecule has 17 heteroatoms. The number of aromatic nitrogens is 2. The van der Waals surface area contributed by atoms with Gasteiger partial charge in [0.2, 0.25) is 23.5 Å². The van der Waals surface area contributed by atoms with Gasteiger partial charge in [-0.1, -0.05) is 71.4 Å². The summed E-state index contributed by atoms with van der Waals surface area (Å²) in [6, 6.07) is 1.86. The number of hydrogen-bond acceptors (Lipinski definition) is 11. The van der Waals surface area contributed by atoms with Gasteiger partial charge in [0.15, 0.2) is 0 Å². The lowest BCUT2D eigenvalue weighted by Gasteiger charge is -2.33. The Kier molecular flexibility index (Phi) is 15.7. The van der Waals surface area contributed by atoms with E-state index in [4.69, 9.17) is 4.74 Å². The lowest BCUT2D eigenvalue weighted by Crippen LogP contribution is -2.61. The van der Waals surface area contributed by atoms with E-state index in [0.29, 0.717) is 12.0 Å². The van der Waals surface area contributed by atoms with Crippen LogP contribution in [-0.4, -0.2) is 111 Å². The van der Waals surface area contributed by atoms with Crippen molar-refractivity contribution in [2.75, 3.05) is 13.7 Å². The monoisotopic (exact) mass is 751 g/mol. The third-order valence-corrected chi connectivity index (χ3v) is 9.04. The number of carboxylic acids is 1. The molecule has 5 N–H and O–H groups in total. The van der Waals surface area contributed by atoms with Gasteiger partial charge in [0.1, 0.15) is 29.9 Å². The number of rotatable bonds is 18. The Morgan fingerprint density at radius 1 is 0.889 bits per heavy atom. The number of amides is 5. The van der Waals surface area contributed by atoms with Crippen LogP contribution in [0.5, 0.6) is 0 Å². The summed E-state index contributed by atoms with van der Waals surface area (Å²) in [5.74, 6) is -9.52. The predicted octanol–water partition coefficient (Wildman–Crippen LogP) is 0.428. The molecule has 1 unspecified atom stereocenters.